The van der Waals surface area contributed by atoms with E-state index < -0.39 is 0 Å². The van der Waals surface area contributed by atoms with Crippen LogP contribution in [0.4, 0.5) is 5.69 Å². The molecule has 0 bridgehead atoms. The van der Waals surface area contributed by atoms with Crippen LogP contribution in [0.2, 0.25) is 0 Å². The number of ether oxygens (including phenoxy) is 1. The molecule has 1 saturated heterocycles. The third-order valence-electron chi connectivity index (χ3n) is 6.65. The fraction of sp³-hybridized carbons (Fsp3) is 0.458. The summed E-state index contributed by atoms with van der Waals surface area (Å²) in [5.74, 6) is 1.91. The van der Waals surface area contributed by atoms with Crippen molar-refractivity contribution in [1.82, 2.24) is 25.1 Å². The molecule has 1 aliphatic heterocycles. The van der Waals surface area contributed by atoms with Crippen molar-refractivity contribution in [2.75, 3.05) is 38.2 Å². The lowest BCUT2D eigenvalue weighted by atomic mass is 10.0. The van der Waals surface area contributed by atoms with Gasteiger partial charge in [-0.1, -0.05) is 55.3 Å². The van der Waals surface area contributed by atoms with Gasteiger partial charge in [-0.05, 0) is 41.0 Å². The number of methoxy groups -OCH3 is 1. The Bertz CT molecular complexity index is 983. The maximum Gasteiger partial charge on any atom is 0.173 e. The monoisotopic (exact) mass is 454 g/mol. The van der Waals surface area contributed by atoms with Gasteiger partial charge in [-0.3, -0.25) is 4.90 Å². The van der Waals surface area contributed by atoms with Gasteiger partial charge in [-0.25, -0.2) is 4.68 Å². The first-order valence-corrected chi connectivity index (χ1v) is 11.3. The predicted molar refractivity (Wildman–Crippen MR) is 128 cm³/mol. The van der Waals surface area contributed by atoms with E-state index in [9.17, 15) is 0 Å². The van der Waals surface area contributed by atoms with Crippen LogP contribution >= 0.6 is 12.4 Å². The van der Waals surface area contributed by atoms with Crippen molar-refractivity contribution in [2.24, 2.45) is 0 Å². The largest absolute Gasteiger partial charge is 0.495 e. The molecule has 32 heavy (non-hydrogen) atoms. The number of aromatic nitrogens is 4. The Morgan fingerprint density at radius 2 is 1.59 bits per heavy atom. The molecule has 0 amide bonds. The summed E-state index contributed by atoms with van der Waals surface area (Å²) in [6, 6.07) is 19.4. The quantitative estimate of drug-likeness (QED) is 0.558. The molecule has 1 atom stereocenters. The molecule has 170 valence electrons. The Labute approximate surface area is 195 Å². The van der Waals surface area contributed by atoms with Crippen LogP contribution < -0.4 is 9.64 Å². The molecule has 0 radical (unpaired) electrons. The van der Waals surface area contributed by atoms with E-state index in [0.29, 0.717) is 6.04 Å². The average molecular weight is 455 g/mol. The number of benzene rings is 2. The van der Waals surface area contributed by atoms with Gasteiger partial charge in [0.2, 0.25) is 0 Å². The summed E-state index contributed by atoms with van der Waals surface area (Å²) in [5, 5.41) is 13.1. The van der Waals surface area contributed by atoms with Crippen LogP contribution in [0.3, 0.4) is 0 Å². The molecule has 0 spiro atoms. The highest BCUT2D eigenvalue weighted by atomic mass is 35.5. The maximum atomic E-state index is 5.59. The van der Waals surface area contributed by atoms with E-state index >= 15 is 0 Å². The highest BCUT2D eigenvalue weighted by Gasteiger charge is 2.33. The van der Waals surface area contributed by atoms with Gasteiger partial charge < -0.3 is 9.64 Å². The third kappa shape index (κ3) is 4.45. The standard InChI is InChI=1S/C24H30N6O.ClH/c1-31-22-14-8-7-13-21(22)28-15-17-29(18-16-28)23(19-9-3-2-4-10-19)24-25-26-27-30(24)20-11-5-6-12-20;/h2-4,7-10,13-14,20,23H,5-6,11-12,15-18H2,1H3;1H. The molecule has 0 N–H and O–H groups in total. The summed E-state index contributed by atoms with van der Waals surface area (Å²) < 4.78 is 7.70. The van der Waals surface area contributed by atoms with Gasteiger partial charge in [-0.15, -0.1) is 17.5 Å². The number of halogens is 1. The van der Waals surface area contributed by atoms with Crippen LogP contribution in [0.1, 0.15) is 49.2 Å². The molecule has 8 heteroatoms. The van der Waals surface area contributed by atoms with E-state index in [2.05, 4.69) is 72.5 Å². The number of nitrogens with zero attached hydrogens (tertiary/aromatic N) is 6. The lowest BCUT2D eigenvalue weighted by molar-refractivity contribution is 0.197. The van der Waals surface area contributed by atoms with Crippen LogP contribution in [0.5, 0.6) is 5.75 Å². The predicted octanol–water partition coefficient (Wildman–Crippen LogP) is 4.13. The van der Waals surface area contributed by atoms with Gasteiger partial charge in [-0.2, -0.15) is 0 Å². The molecule has 1 saturated carbocycles. The summed E-state index contributed by atoms with van der Waals surface area (Å²) in [4.78, 5) is 4.94. The molecule has 2 aromatic carbocycles. The minimum atomic E-state index is 0. The minimum Gasteiger partial charge on any atom is -0.495 e. The van der Waals surface area contributed by atoms with E-state index in [4.69, 9.17) is 4.74 Å². The molecule has 1 aliphatic carbocycles. The van der Waals surface area contributed by atoms with Crippen molar-refractivity contribution in [3.63, 3.8) is 0 Å². The van der Waals surface area contributed by atoms with E-state index in [1.165, 1.54) is 31.2 Å². The molecule has 2 heterocycles. The number of hydrogen-bond acceptors (Lipinski definition) is 6. The fourth-order valence-electron chi connectivity index (χ4n) is 5.06. The van der Waals surface area contributed by atoms with E-state index in [0.717, 1.165) is 43.4 Å². The Morgan fingerprint density at radius 3 is 2.31 bits per heavy atom. The number of anilines is 1. The topological polar surface area (TPSA) is 59.3 Å². The molecule has 3 aromatic rings. The van der Waals surface area contributed by atoms with Crippen molar-refractivity contribution >= 4 is 18.1 Å². The summed E-state index contributed by atoms with van der Waals surface area (Å²) >= 11 is 0. The first-order valence-electron chi connectivity index (χ1n) is 11.3. The Hall–Kier alpha value is -2.64. The zero-order valence-electron chi connectivity index (χ0n) is 18.5. The van der Waals surface area contributed by atoms with Gasteiger partial charge in [0.05, 0.1) is 24.9 Å². The van der Waals surface area contributed by atoms with Gasteiger partial charge in [0.25, 0.3) is 0 Å². The van der Waals surface area contributed by atoms with Crippen molar-refractivity contribution in [3.05, 3.63) is 66.0 Å². The number of rotatable bonds is 6. The molecular weight excluding hydrogens is 424 g/mol. The third-order valence-corrected chi connectivity index (χ3v) is 6.65. The van der Waals surface area contributed by atoms with Gasteiger partial charge in [0, 0.05) is 26.2 Å². The van der Waals surface area contributed by atoms with E-state index in [1.807, 2.05) is 12.1 Å². The van der Waals surface area contributed by atoms with Crippen molar-refractivity contribution in [1.29, 1.82) is 0 Å². The maximum absolute atomic E-state index is 5.59. The van der Waals surface area contributed by atoms with Gasteiger partial charge >= 0.3 is 0 Å². The van der Waals surface area contributed by atoms with Crippen LogP contribution in [0.25, 0.3) is 0 Å². The number of para-hydroxylation sites is 2. The van der Waals surface area contributed by atoms with E-state index in [1.54, 1.807) is 7.11 Å². The van der Waals surface area contributed by atoms with Gasteiger partial charge in [0.15, 0.2) is 5.82 Å². The molecule has 1 unspecified atom stereocenters. The Morgan fingerprint density at radius 1 is 0.906 bits per heavy atom. The average Bonchev–Trinajstić information content (AvgIpc) is 3.53. The summed E-state index contributed by atoms with van der Waals surface area (Å²) in [6.07, 6.45) is 4.86. The summed E-state index contributed by atoms with van der Waals surface area (Å²) in [7, 11) is 1.74. The fourth-order valence-corrected chi connectivity index (χ4v) is 5.06. The van der Waals surface area contributed by atoms with Crippen LogP contribution in [-0.4, -0.2) is 58.4 Å². The number of piperazine rings is 1. The smallest absolute Gasteiger partial charge is 0.173 e. The minimum absolute atomic E-state index is 0. The molecule has 2 fully saturated rings. The van der Waals surface area contributed by atoms with Crippen LogP contribution in [0, 0.1) is 0 Å². The lowest BCUT2D eigenvalue weighted by Gasteiger charge is -2.40. The second-order valence-corrected chi connectivity index (χ2v) is 8.43. The van der Waals surface area contributed by atoms with Crippen molar-refractivity contribution in [3.8, 4) is 5.75 Å². The van der Waals surface area contributed by atoms with Crippen LogP contribution in [0.15, 0.2) is 54.6 Å². The van der Waals surface area contributed by atoms with Gasteiger partial charge in [0.1, 0.15) is 5.75 Å². The number of hydrogen-bond donors (Lipinski definition) is 0. The molecule has 2 aliphatic rings. The van der Waals surface area contributed by atoms with Crippen molar-refractivity contribution < 1.29 is 4.74 Å². The first-order chi connectivity index (χ1) is 15.3. The molecule has 5 rings (SSSR count). The van der Waals surface area contributed by atoms with Crippen LogP contribution in [-0.2, 0) is 0 Å². The molecule has 1 aromatic heterocycles. The SMILES string of the molecule is COc1ccccc1N1CCN(C(c2ccccc2)c2nnnn2C2CCCC2)CC1.Cl. The Kier molecular flexibility index (Phi) is 7.27. The van der Waals surface area contributed by atoms with E-state index in [-0.39, 0.29) is 18.4 Å². The lowest BCUT2D eigenvalue weighted by Crippen LogP contribution is -2.48. The Balaban J connectivity index is 0.00000245. The first kappa shape index (κ1) is 22.6. The summed E-state index contributed by atoms with van der Waals surface area (Å²) in [5.41, 5.74) is 2.42. The number of tetrazole rings is 1. The molecule has 7 nitrogen and oxygen atoms in total. The second kappa shape index (κ2) is 10.3. The zero-order valence-corrected chi connectivity index (χ0v) is 19.3. The molecular formula is C24H31ClN6O. The summed E-state index contributed by atoms with van der Waals surface area (Å²) in [6.45, 7) is 3.76. The second-order valence-electron chi connectivity index (χ2n) is 8.43. The highest BCUT2D eigenvalue weighted by Crippen LogP contribution is 2.35. The zero-order chi connectivity index (χ0) is 21.0. The normalized spacial score (nSPS) is 18.3. The highest BCUT2D eigenvalue weighted by molar-refractivity contribution is 5.85. The van der Waals surface area contributed by atoms with Crippen molar-refractivity contribution in [2.45, 2.75) is 37.8 Å².